The van der Waals surface area contributed by atoms with Crippen LogP contribution in [0, 0.1) is 18.6 Å². The number of fused-ring (bicyclic) bond motifs is 1. The first-order valence-electron chi connectivity index (χ1n) is 9.45. The normalized spacial score (nSPS) is 12.2. The summed E-state index contributed by atoms with van der Waals surface area (Å²) in [6.45, 7) is 5.42. The topological polar surface area (TPSA) is 71.3 Å². The molecule has 1 amide bonds. The maximum Gasteiger partial charge on any atom is 0.262 e. The Kier molecular flexibility index (Phi) is 6.12. The SMILES string of the molecule is CCC(C)NC(=O)Cc1c(C)n(C(=O)c2ccc(Cl)c(F)c2)c2cc(F)c(O)cc12. The molecule has 0 aliphatic carbocycles. The molecule has 1 aromatic heterocycles. The van der Waals surface area contributed by atoms with E-state index >= 15 is 0 Å². The molecular formula is C22H21ClF2N2O3. The van der Waals surface area contributed by atoms with E-state index in [1.54, 1.807) is 6.92 Å². The zero-order valence-electron chi connectivity index (χ0n) is 16.7. The molecule has 2 N–H and O–H groups in total. The van der Waals surface area contributed by atoms with Crippen LogP contribution in [-0.2, 0) is 11.2 Å². The molecule has 0 aliphatic rings. The van der Waals surface area contributed by atoms with Crippen LogP contribution in [0.5, 0.6) is 5.75 Å². The van der Waals surface area contributed by atoms with Crippen LogP contribution in [0.3, 0.4) is 0 Å². The second-order valence-electron chi connectivity index (χ2n) is 7.21. The van der Waals surface area contributed by atoms with Gasteiger partial charge in [0.15, 0.2) is 11.6 Å². The third-order valence-corrected chi connectivity index (χ3v) is 5.44. The highest BCUT2D eigenvalue weighted by Crippen LogP contribution is 2.32. The number of nitrogens with one attached hydrogen (secondary N) is 1. The molecule has 0 radical (unpaired) electrons. The van der Waals surface area contributed by atoms with Crippen molar-refractivity contribution in [3.05, 3.63) is 63.8 Å². The fraction of sp³-hybridized carbons (Fsp3) is 0.273. The van der Waals surface area contributed by atoms with Crippen molar-refractivity contribution in [2.75, 3.05) is 0 Å². The van der Waals surface area contributed by atoms with Crippen molar-refractivity contribution < 1.29 is 23.5 Å². The molecule has 8 heteroatoms. The van der Waals surface area contributed by atoms with Gasteiger partial charge in [-0.3, -0.25) is 14.2 Å². The number of carbonyl (C=O) groups excluding carboxylic acids is 2. The highest BCUT2D eigenvalue weighted by atomic mass is 35.5. The van der Waals surface area contributed by atoms with Crippen LogP contribution in [0.4, 0.5) is 8.78 Å². The minimum Gasteiger partial charge on any atom is -0.505 e. The molecule has 1 atom stereocenters. The Labute approximate surface area is 177 Å². The molecule has 3 rings (SSSR count). The van der Waals surface area contributed by atoms with E-state index < -0.39 is 23.3 Å². The highest BCUT2D eigenvalue weighted by molar-refractivity contribution is 6.30. The molecule has 2 aromatic carbocycles. The number of nitrogens with zero attached hydrogens (tertiary/aromatic N) is 1. The van der Waals surface area contributed by atoms with E-state index in [1.165, 1.54) is 22.8 Å². The van der Waals surface area contributed by atoms with E-state index in [1.807, 2.05) is 13.8 Å². The average molecular weight is 435 g/mol. The average Bonchev–Trinajstić information content (AvgIpc) is 2.94. The zero-order valence-corrected chi connectivity index (χ0v) is 17.5. The fourth-order valence-corrected chi connectivity index (χ4v) is 3.44. The Morgan fingerprint density at radius 1 is 1.20 bits per heavy atom. The molecule has 0 saturated carbocycles. The second-order valence-corrected chi connectivity index (χ2v) is 7.61. The van der Waals surface area contributed by atoms with Gasteiger partial charge in [-0.2, -0.15) is 0 Å². The van der Waals surface area contributed by atoms with Crippen molar-refractivity contribution >= 4 is 34.3 Å². The third-order valence-electron chi connectivity index (χ3n) is 5.13. The highest BCUT2D eigenvalue weighted by Gasteiger charge is 2.24. The van der Waals surface area contributed by atoms with Crippen molar-refractivity contribution in [3.63, 3.8) is 0 Å². The lowest BCUT2D eigenvalue weighted by Crippen LogP contribution is -2.33. The predicted octanol–water partition coefficient (Wildman–Crippen LogP) is 4.73. The van der Waals surface area contributed by atoms with Crippen molar-refractivity contribution in [3.8, 4) is 5.75 Å². The van der Waals surface area contributed by atoms with E-state index in [0.717, 1.165) is 18.6 Å². The molecule has 0 spiro atoms. The van der Waals surface area contributed by atoms with Gasteiger partial charge in [-0.15, -0.1) is 0 Å². The van der Waals surface area contributed by atoms with Crippen molar-refractivity contribution in [2.45, 2.75) is 39.7 Å². The lowest BCUT2D eigenvalue weighted by atomic mass is 10.1. The number of halogens is 3. The number of hydrogen-bond donors (Lipinski definition) is 2. The van der Waals surface area contributed by atoms with Crippen LogP contribution in [0.25, 0.3) is 10.9 Å². The summed E-state index contributed by atoms with van der Waals surface area (Å²) >= 11 is 5.70. The number of benzene rings is 2. The lowest BCUT2D eigenvalue weighted by Gasteiger charge is -2.12. The molecular weight excluding hydrogens is 414 g/mol. The van der Waals surface area contributed by atoms with E-state index in [4.69, 9.17) is 11.6 Å². The largest absolute Gasteiger partial charge is 0.505 e. The van der Waals surface area contributed by atoms with Gasteiger partial charge in [0.05, 0.1) is 17.0 Å². The smallest absolute Gasteiger partial charge is 0.262 e. The summed E-state index contributed by atoms with van der Waals surface area (Å²) in [5.41, 5.74) is 1.06. The van der Waals surface area contributed by atoms with Crippen molar-refractivity contribution in [1.82, 2.24) is 9.88 Å². The Hall–Kier alpha value is -2.93. The molecule has 158 valence electrons. The summed E-state index contributed by atoms with van der Waals surface area (Å²) in [5.74, 6) is -3.12. The minimum absolute atomic E-state index is 0.0148. The lowest BCUT2D eigenvalue weighted by molar-refractivity contribution is -0.121. The number of phenolic OH excluding ortho intramolecular Hbond substituents is 1. The Morgan fingerprint density at radius 3 is 2.53 bits per heavy atom. The summed E-state index contributed by atoms with van der Waals surface area (Å²) in [6.07, 6.45) is 0.687. The summed E-state index contributed by atoms with van der Waals surface area (Å²) in [7, 11) is 0. The van der Waals surface area contributed by atoms with Gasteiger partial charge in [-0.25, -0.2) is 8.78 Å². The van der Waals surface area contributed by atoms with Gasteiger partial charge in [0.1, 0.15) is 5.82 Å². The molecule has 3 aromatic rings. The zero-order chi connectivity index (χ0) is 22.2. The molecule has 30 heavy (non-hydrogen) atoms. The quantitative estimate of drug-likeness (QED) is 0.609. The fourth-order valence-electron chi connectivity index (χ4n) is 3.32. The van der Waals surface area contributed by atoms with Crippen LogP contribution >= 0.6 is 11.6 Å². The van der Waals surface area contributed by atoms with Crippen molar-refractivity contribution in [1.29, 1.82) is 0 Å². The third kappa shape index (κ3) is 4.03. The van der Waals surface area contributed by atoms with E-state index in [-0.39, 0.29) is 34.5 Å². The van der Waals surface area contributed by atoms with E-state index in [0.29, 0.717) is 16.6 Å². The first-order chi connectivity index (χ1) is 14.1. The summed E-state index contributed by atoms with van der Waals surface area (Å²) < 4.78 is 29.2. The molecule has 1 heterocycles. The van der Waals surface area contributed by atoms with Gasteiger partial charge in [0.25, 0.3) is 5.91 Å². The van der Waals surface area contributed by atoms with Gasteiger partial charge >= 0.3 is 0 Å². The van der Waals surface area contributed by atoms with Crippen LogP contribution in [0.15, 0.2) is 30.3 Å². The van der Waals surface area contributed by atoms with Gasteiger partial charge in [-0.05, 0) is 50.1 Å². The van der Waals surface area contributed by atoms with Gasteiger partial charge in [-0.1, -0.05) is 18.5 Å². The van der Waals surface area contributed by atoms with Crippen LogP contribution in [0.1, 0.15) is 41.9 Å². The number of amides is 1. The molecule has 0 fully saturated rings. The van der Waals surface area contributed by atoms with Gasteiger partial charge in [0, 0.05) is 28.8 Å². The van der Waals surface area contributed by atoms with Crippen LogP contribution in [0.2, 0.25) is 5.02 Å². The molecule has 5 nitrogen and oxygen atoms in total. The Balaban J connectivity index is 2.15. The van der Waals surface area contributed by atoms with Gasteiger partial charge < -0.3 is 10.4 Å². The number of rotatable bonds is 5. The molecule has 0 aliphatic heterocycles. The van der Waals surface area contributed by atoms with Crippen LogP contribution < -0.4 is 5.32 Å². The first kappa shape index (κ1) is 21.8. The standard InChI is InChI=1S/C22H21ClF2N2O3/c1-4-11(2)26-21(29)9-14-12(3)27(19-10-18(25)20(28)8-15(14)19)22(30)13-5-6-16(23)17(24)7-13/h5-8,10-11,28H,4,9H2,1-3H3,(H,26,29). The van der Waals surface area contributed by atoms with E-state index in [9.17, 15) is 23.5 Å². The summed E-state index contributed by atoms with van der Waals surface area (Å²) in [6, 6.07) is 5.81. The summed E-state index contributed by atoms with van der Waals surface area (Å²) in [5, 5.41) is 12.9. The Morgan fingerprint density at radius 2 is 1.90 bits per heavy atom. The number of phenols is 1. The predicted molar refractivity (Wildman–Crippen MR) is 111 cm³/mol. The maximum absolute atomic E-state index is 14.1. The van der Waals surface area contributed by atoms with E-state index in [2.05, 4.69) is 5.32 Å². The Bertz CT molecular complexity index is 1160. The molecule has 1 unspecified atom stereocenters. The molecule has 0 saturated heterocycles. The minimum atomic E-state index is -0.910. The van der Waals surface area contributed by atoms with Crippen molar-refractivity contribution in [2.24, 2.45) is 0 Å². The summed E-state index contributed by atoms with van der Waals surface area (Å²) in [4.78, 5) is 25.6. The number of hydrogen-bond acceptors (Lipinski definition) is 3. The first-order valence-corrected chi connectivity index (χ1v) is 9.83. The van der Waals surface area contributed by atoms with Gasteiger partial charge in [0.2, 0.25) is 5.91 Å². The number of carbonyl (C=O) groups is 2. The maximum atomic E-state index is 14.1. The number of aromatic nitrogens is 1. The monoisotopic (exact) mass is 434 g/mol. The molecule has 0 bridgehead atoms. The second kappa shape index (κ2) is 8.44. The number of aromatic hydroxyl groups is 1. The van der Waals surface area contributed by atoms with Crippen LogP contribution in [-0.4, -0.2) is 27.5 Å².